The van der Waals surface area contributed by atoms with Gasteiger partial charge in [-0.25, -0.2) is 4.79 Å². The number of rotatable bonds is 14. The van der Waals surface area contributed by atoms with Gasteiger partial charge in [0.15, 0.2) is 6.23 Å². The number of carbonyl (C=O) groups is 1. The third-order valence-corrected chi connectivity index (χ3v) is 17.6. The number of aromatic nitrogens is 2. The highest BCUT2D eigenvalue weighted by molar-refractivity contribution is 7.54. The van der Waals surface area contributed by atoms with Gasteiger partial charge in [0.25, 0.3) is 14.2 Å². The highest BCUT2D eigenvalue weighted by Crippen LogP contribution is 2.70. The fourth-order valence-corrected chi connectivity index (χ4v) is 14.4. The first-order valence-corrected chi connectivity index (χ1v) is 22.6. The molecule has 2 fully saturated rings. The second-order valence-corrected chi connectivity index (χ2v) is 21.2. The third kappa shape index (κ3) is 7.62. The largest absolute Gasteiger partial charge is 0.405 e. The third-order valence-electron chi connectivity index (χ3n) is 10.2. The molecule has 3 heterocycles. The SMILES string of the molecule is CCOP(=O)(OCC)[C@]1(c2ccccc2)O[C@@H]2[C@H](O1)[C@@H](CO[Si](c1ccccc1)(c1ccccc1)C(C)(C)C)O[C@H]2n1ccc(NC(=O)c2ccccc2)nc1=O. The van der Waals surface area contributed by atoms with E-state index in [2.05, 4.69) is 55.3 Å². The van der Waals surface area contributed by atoms with Gasteiger partial charge in [-0.15, -0.1) is 0 Å². The Bertz CT molecular complexity index is 2190. The van der Waals surface area contributed by atoms with Crippen LogP contribution in [0.3, 0.4) is 0 Å². The lowest BCUT2D eigenvalue weighted by Gasteiger charge is -2.43. The fraction of sp³-hybridized carbons (Fsp3) is 0.326. The number of nitrogens with zero attached hydrogens (tertiary/aromatic N) is 2. The smallest absolute Gasteiger partial charge is 0.394 e. The van der Waals surface area contributed by atoms with Crippen molar-refractivity contribution in [2.75, 3.05) is 25.1 Å². The first-order chi connectivity index (χ1) is 27.5. The normalized spacial score (nSPS) is 22.3. The van der Waals surface area contributed by atoms with E-state index < -0.39 is 57.6 Å². The molecule has 0 radical (unpaired) electrons. The quantitative estimate of drug-likeness (QED) is 0.0940. The van der Waals surface area contributed by atoms with E-state index in [4.69, 9.17) is 27.7 Å². The summed E-state index contributed by atoms with van der Waals surface area (Å²) in [5.41, 5.74) is -1.90. The Hall–Kier alpha value is -4.56. The predicted octanol–water partition coefficient (Wildman–Crippen LogP) is 6.83. The van der Waals surface area contributed by atoms with Gasteiger partial charge in [-0.3, -0.25) is 13.9 Å². The monoisotopic (exact) mass is 809 g/mol. The molecule has 4 aromatic carbocycles. The molecular formula is C43H48N3O9PSi. The van der Waals surface area contributed by atoms with Crippen LogP contribution >= 0.6 is 7.60 Å². The van der Waals surface area contributed by atoms with E-state index in [0.717, 1.165) is 10.4 Å². The molecule has 1 aromatic heterocycles. The van der Waals surface area contributed by atoms with Gasteiger partial charge in [-0.2, -0.15) is 4.98 Å². The first-order valence-electron chi connectivity index (χ1n) is 19.1. The summed E-state index contributed by atoms with van der Waals surface area (Å²) in [7, 11) is -7.33. The van der Waals surface area contributed by atoms with E-state index in [9.17, 15) is 14.2 Å². The number of nitrogens with one attached hydrogen (secondary N) is 1. The molecule has 2 saturated heterocycles. The van der Waals surface area contributed by atoms with Crippen molar-refractivity contribution < 1.29 is 37.0 Å². The van der Waals surface area contributed by atoms with Crippen molar-refractivity contribution in [3.8, 4) is 0 Å². The number of benzene rings is 4. The first kappa shape index (κ1) is 40.6. The summed E-state index contributed by atoms with van der Waals surface area (Å²) in [5, 5.41) is 4.48. The Morgan fingerprint density at radius 2 is 1.33 bits per heavy atom. The minimum absolute atomic E-state index is 0.0279. The molecule has 7 rings (SSSR count). The molecule has 1 N–H and O–H groups in total. The van der Waals surface area contributed by atoms with Crippen LogP contribution in [0, 0.1) is 0 Å². The molecule has 1 amide bonds. The zero-order valence-electron chi connectivity index (χ0n) is 32.6. The molecule has 0 saturated carbocycles. The Morgan fingerprint density at radius 1 is 0.807 bits per heavy atom. The second-order valence-electron chi connectivity index (χ2n) is 14.8. The van der Waals surface area contributed by atoms with E-state index in [1.54, 1.807) is 68.4 Å². The van der Waals surface area contributed by atoms with Crippen LogP contribution in [0.1, 0.15) is 56.8 Å². The number of carbonyl (C=O) groups excluding carboxylic acids is 1. The van der Waals surface area contributed by atoms with Crippen molar-refractivity contribution >= 4 is 38.0 Å². The van der Waals surface area contributed by atoms with Crippen LogP contribution in [0.4, 0.5) is 5.82 Å². The van der Waals surface area contributed by atoms with Crippen molar-refractivity contribution in [3.05, 3.63) is 155 Å². The molecule has 12 nitrogen and oxygen atoms in total. The van der Waals surface area contributed by atoms with E-state index >= 15 is 0 Å². The average molecular weight is 810 g/mol. The molecule has 2 aliphatic rings. The van der Waals surface area contributed by atoms with E-state index in [0.29, 0.717) is 11.1 Å². The maximum Gasteiger partial charge on any atom is 0.394 e. The summed E-state index contributed by atoms with van der Waals surface area (Å²) in [6, 6.07) is 39.5. The molecule has 5 aromatic rings. The second kappa shape index (κ2) is 16.7. The average Bonchev–Trinajstić information content (AvgIpc) is 3.78. The number of amides is 1. The number of hydrogen-bond donors (Lipinski definition) is 1. The number of ether oxygens (including phenoxy) is 3. The van der Waals surface area contributed by atoms with E-state index in [1.807, 2.05) is 42.5 Å². The fourth-order valence-electron chi connectivity index (χ4n) is 7.77. The maximum absolute atomic E-state index is 15.0. The van der Waals surface area contributed by atoms with Crippen molar-refractivity contribution in [3.63, 3.8) is 0 Å². The van der Waals surface area contributed by atoms with Crippen LogP contribution < -0.4 is 21.4 Å². The molecular weight excluding hydrogens is 762 g/mol. The van der Waals surface area contributed by atoms with Gasteiger partial charge in [0.05, 0.1) is 19.8 Å². The lowest BCUT2D eigenvalue weighted by atomic mass is 10.1. The van der Waals surface area contributed by atoms with Crippen molar-refractivity contribution in [1.82, 2.24) is 9.55 Å². The topological polar surface area (TPSA) is 136 Å². The van der Waals surface area contributed by atoms with Crippen LogP contribution in [0.2, 0.25) is 5.04 Å². The Morgan fingerprint density at radius 3 is 1.86 bits per heavy atom. The Balaban J connectivity index is 1.31. The molecule has 0 aliphatic carbocycles. The summed E-state index contributed by atoms with van der Waals surface area (Å²) in [6.07, 6.45) is -2.42. The van der Waals surface area contributed by atoms with Crippen LogP contribution in [0.5, 0.6) is 0 Å². The Kier molecular flexibility index (Phi) is 11.9. The van der Waals surface area contributed by atoms with Crippen molar-refractivity contribution in [1.29, 1.82) is 0 Å². The zero-order valence-corrected chi connectivity index (χ0v) is 34.5. The molecule has 0 spiro atoms. The van der Waals surface area contributed by atoms with Gasteiger partial charge in [-0.1, -0.05) is 130 Å². The van der Waals surface area contributed by atoms with Gasteiger partial charge >= 0.3 is 18.8 Å². The number of hydrogen-bond acceptors (Lipinski definition) is 10. The highest BCUT2D eigenvalue weighted by atomic mass is 31.2. The van der Waals surface area contributed by atoms with Crippen LogP contribution in [-0.4, -0.2) is 61.9 Å². The molecule has 2 aliphatic heterocycles. The van der Waals surface area contributed by atoms with Crippen LogP contribution in [0.25, 0.3) is 0 Å². The molecule has 5 atom stereocenters. The van der Waals surface area contributed by atoms with Crippen LogP contribution in [-0.2, 0) is 37.8 Å². The van der Waals surface area contributed by atoms with Gasteiger partial charge in [0, 0.05) is 17.3 Å². The van der Waals surface area contributed by atoms with Gasteiger partial charge in [0.1, 0.15) is 24.1 Å². The lowest BCUT2D eigenvalue weighted by Crippen LogP contribution is -2.67. The molecule has 0 bridgehead atoms. The summed E-state index contributed by atoms with van der Waals surface area (Å²) in [5.74, 6) is -0.355. The van der Waals surface area contributed by atoms with Crippen molar-refractivity contribution in [2.45, 2.75) is 69.7 Å². The minimum atomic E-state index is -4.24. The minimum Gasteiger partial charge on any atom is -0.405 e. The molecule has 14 heteroatoms. The predicted molar refractivity (Wildman–Crippen MR) is 219 cm³/mol. The van der Waals surface area contributed by atoms with Crippen molar-refractivity contribution in [2.24, 2.45) is 0 Å². The van der Waals surface area contributed by atoms with E-state index in [-0.39, 0.29) is 30.7 Å². The van der Waals surface area contributed by atoms with Gasteiger partial charge in [-0.05, 0) is 47.5 Å². The lowest BCUT2D eigenvalue weighted by molar-refractivity contribution is -0.191. The molecule has 298 valence electrons. The van der Waals surface area contributed by atoms with Crippen LogP contribution in [0.15, 0.2) is 138 Å². The maximum atomic E-state index is 15.0. The standard InChI is InChI=1S/C43H48N3O9PSi/c1-6-50-56(49,51-7-2)43(32-22-14-9-15-23-32)54-37-35(30-52-57(42(3,4)5,33-24-16-10-17-25-33)34-26-18-11-19-27-34)53-40(38(37)55-43)46-29-28-36(45-41(46)48)44-39(47)31-20-12-8-13-21-31/h8-29,35,37-38,40H,6-7,30H2,1-5H3,(H,44,45,47,48)/t35-,37-,38-,40-,43+/m1/s1. The number of fused-ring (bicyclic) bond motifs is 1. The van der Waals surface area contributed by atoms with Gasteiger partial charge < -0.3 is 33.0 Å². The van der Waals surface area contributed by atoms with Gasteiger partial charge in [0.2, 0.25) is 0 Å². The highest BCUT2D eigenvalue weighted by Gasteiger charge is 2.68. The summed E-state index contributed by atoms with van der Waals surface area (Å²) >= 11 is 0. The molecule has 0 unspecified atom stereocenters. The molecule has 57 heavy (non-hydrogen) atoms. The summed E-state index contributed by atoms with van der Waals surface area (Å²) in [4.78, 5) is 31.0. The Labute approximate surface area is 333 Å². The number of anilines is 1. The van der Waals surface area contributed by atoms with E-state index in [1.165, 1.54) is 16.8 Å². The summed E-state index contributed by atoms with van der Waals surface area (Å²) < 4.78 is 56.0. The zero-order chi connectivity index (χ0) is 40.3. The summed E-state index contributed by atoms with van der Waals surface area (Å²) in [6.45, 7) is 10.1.